The number of morpholine rings is 1. The summed E-state index contributed by atoms with van der Waals surface area (Å²) in [5.74, 6) is 0.589. The molecule has 3 heterocycles. The van der Waals surface area contributed by atoms with Crippen LogP contribution in [0.25, 0.3) is 16.7 Å². The molecule has 1 aliphatic heterocycles. The van der Waals surface area contributed by atoms with Crippen molar-refractivity contribution in [2.75, 3.05) is 26.3 Å². The summed E-state index contributed by atoms with van der Waals surface area (Å²) in [6.45, 7) is 2.89. The van der Waals surface area contributed by atoms with Gasteiger partial charge >= 0.3 is 0 Å². The molecular weight excluding hydrogens is 292 g/mol. The maximum atomic E-state index is 5.92. The summed E-state index contributed by atoms with van der Waals surface area (Å²) in [5.41, 5.74) is 1.75. The summed E-state index contributed by atoms with van der Waals surface area (Å²) in [4.78, 5) is 4.45. The van der Waals surface area contributed by atoms with Crippen molar-refractivity contribution in [3.63, 3.8) is 0 Å². The summed E-state index contributed by atoms with van der Waals surface area (Å²) in [5, 5.41) is 8.80. The Balaban J connectivity index is 1.64. The third kappa shape index (κ3) is 2.91. The molecule has 1 N–H and O–H groups in total. The second-order valence-electron chi connectivity index (χ2n) is 5.44. The van der Waals surface area contributed by atoms with Gasteiger partial charge in [-0.25, -0.2) is 9.67 Å². The molecule has 0 radical (unpaired) electrons. The van der Waals surface area contributed by atoms with Gasteiger partial charge in [-0.2, -0.15) is 0 Å². The zero-order valence-electron chi connectivity index (χ0n) is 12.7. The molecular formula is C17H18N4O2. The van der Waals surface area contributed by atoms with E-state index < -0.39 is 0 Å². The number of hydrogen-bond donors (Lipinski definition) is 1. The molecule has 2 aromatic heterocycles. The molecule has 1 fully saturated rings. The Morgan fingerprint density at radius 3 is 2.96 bits per heavy atom. The molecule has 1 atom stereocenters. The van der Waals surface area contributed by atoms with Gasteiger partial charge in [0.15, 0.2) is 5.65 Å². The lowest BCUT2D eigenvalue weighted by Gasteiger charge is -2.23. The summed E-state index contributed by atoms with van der Waals surface area (Å²) >= 11 is 0. The van der Waals surface area contributed by atoms with Crippen molar-refractivity contribution in [3.8, 4) is 11.6 Å². The van der Waals surface area contributed by atoms with E-state index in [-0.39, 0.29) is 6.10 Å². The normalized spacial score (nSPS) is 18.2. The minimum Gasteiger partial charge on any atom is -0.473 e. The molecule has 0 spiro atoms. The monoisotopic (exact) mass is 310 g/mol. The van der Waals surface area contributed by atoms with Crippen molar-refractivity contribution >= 4 is 11.0 Å². The van der Waals surface area contributed by atoms with Gasteiger partial charge in [0, 0.05) is 19.3 Å². The first-order valence-corrected chi connectivity index (χ1v) is 7.76. The van der Waals surface area contributed by atoms with Gasteiger partial charge in [0.2, 0.25) is 5.88 Å². The lowest BCUT2D eigenvalue weighted by molar-refractivity contribution is -0.000505. The largest absolute Gasteiger partial charge is 0.473 e. The lowest BCUT2D eigenvalue weighted by atomic mass is 10.3. The maximum Gasteiger partial charge on any atom is 0.243 e. The van der Waals surface area contributed by atoms with E-state index in [1.807, 2.05) is 47.1 Å². The van der Waals surface area contributed by atoms with Crippen molar-refractivity contribution in [1.82, 2.24) is 20.1 Å². The molecule has 1 saturated heterocycles. The number of nitrogens with zero attached hydrogens (tertiary/aromatic N) is 3. The highest BCUT2D eigenvalue weighted by molar-refractivity contribution is 5.82. The van der Waals surface area contributed by atoms with E-state index in [1.54, 1.807) is 6.20 Å². The molecule has 1 aromatic carbocycles. The Morgan fingerprint density at radius 2 is 2.13 bits per heavy atom. The summed E-state index contributed by atoms with van der Waals surface area (Å²) in [6, 6.07) is 13.8. The number of rotatable bonds is 4. The number of pyridine rings is 1. The van der Waals surface area contributed by atoms with E-state index in [0.717, 1.165) is 36.4 Å². The minimum atomic E-state index is 0.0531. The van der Waals surface area contributed by atoms with Gasteiger partial charge in [0.05, 0.1) is 17.7 Å². The van der Waals surface area contributed by atoms with Gasteiger partial charge in [-0.05, 0) is 24.3 Å². The van der Waals surface area contributed by atoms with E-state index in [2.05, 4.69) is 15.4 Å². The van der Waals surface area contributed by atoms with Gasteiger partial charge in [0.25, 0.3) is 0 Å². The SMILES string of the molecule is c1ccc(-n2nc(OC[C@@H]3CNCCO3)c3cccnc32)cc1. The first-order valence-electron chi connectivity index (χ1n) is 7.76. The fraction of sp³-hybridized carbons (Fsp3) is 0.294. The predicted octanol–water partition coefficient (Wildman–Crippen LogP) is 1.79. The average Bonchev–Trinajstić information content (AvgIpc) is 3.01. The van der Waals surface area contributed by atoms with Gasteiger partial charge in [-0.15, -0.1) is 5.10 Å². The van der Waals surface area contributed by atoms with Crippen LogP contribution in [0.4, 0.5) is 0 Å². The van der Waals surface area contributed by atoms with Crippen LogP contribution in [-0.2, 0) is 4.74 Å². The smallest absolute Gasteiger partial charge is 0.243 e. The van der Waals surface area contributed by atoms with Gasteiger partial charge < -0.3 is 14.8 Å². The number of para-hydroxylation sites is 1. The fourth-order valence-electron chi connectivity index (χ4n) is 2.68. The molecule has 4 rings (SSSR count). The summed E-state index contributed by atoms with van der Waals surface area (Å²) in [7, 11) is 0. The number of benzene rings is 1. The number of fused-ring (bicyclic) bond motifs is 1. The molecule has 6 heteroatoms. The third-order valence-electron chi connectivity index (χ3n) is 3.82. The van der Waals surface area contributed by atoms with Crippen LogP contribution in [0.1, 0.15) is 0 Å². The second-order valence-corrected chi connectivity index (χ2v) is 5.44. The molecule has 0 unspecified atom stereocenters. The topological polar surface area (TPSA) is 61.2 Å². The quantitative estimate of drug-likeness (QED) is 0.796. The van der Waals surface area contributed by atoms with Crippen molar-refractivity contribution in [2.45, 2.75) is 6.10 Å². The van der Waals surface area contributed by atoms with Crippen LogP contribution >= 0.6 is 0 Å². The van der Waals surface area contributed by atoms with Crippen LogP contribution in [0.15, 0.2) is 48.7 Å². The highest BCUT2D eigenvalue weighted by Gasteiger charge is 2.18. The van der Waals surface area contributed by atoms with Crippen molar-refractivity contribution < 1.29 is 9.47 Å². The molecule has 3 aromatic rings. The third-order valence-corrected chi connectivity index (χ3v) is 3.82. The summed E-state index contributed by atoms with van der Waals surface area (Å²) < 4.78 is 13.4. The number of ether oxygens (including phenoxy) is 2. The van der Waals surface area contributed by atoms with Crippen LogP contribution in [0.5, 0.6) is 5.88 Å². The van der Waals surface area contributed by atoms with Crippen molar-refractivity contribution in [2.24, 2.45) is 0 Å². The van der Waals surface area contributed by atoms with Crippen LogP contribution in [-0.4, -0.2) is 47.2 Å². The Morgan fingerprint density at radius 1 is 1.22 bits per heavy atom. The fourth-order valence-corrected chi connectivity index (χ4v) is 2.68. The zero-order chi connectivity index (χ0) is 15.5. The zero-order valence-corrected chi connectivity index (χ0v) is 12.7. The van der Waals surface area contributed by atoms with Gasteiger partial charge in [-0.3, -0.25) is 0 Å². The first-order chi connectivity index (χ1) is 11.4. The van der Waals surface area contributed by atoms with Crippen molar-refractivity contribution in [1.29, 1.82) is 0 Å². The maximum absolute atomic E-state index is 5.92. The van der Waals surface area contributed by atoms with Gasteiger partial charge in [-0.1, -0.05) is 18.2 Å². The molecule has 0 saturated carbocycles. The molecule has 6 nitrogen and oxygen atoms in total. The van der Waals surface area contributed by atoms with E-state index in [0.29, 0.717) is 12.5 Å². The van der Waals surface area contributed by atoms with Crippen LogP contribution in [0.3, 0.4) is 0 Å². The molecule has 118 valence electrons. The Kier molecular flexibility index (Phi) is 3.92. The molecule has 1 aliphatic rings. The van der Waals surface area contributed by atoms with Gasteiger partial charge in [0.1, 0.15) is 12.7 Å². The standard InChI is InChI=1S/C17H18N4O2/c1-2-5-13(6-3-1)21-16-15(7-4-8-19-16)17(20-21)23-12-14-11-18-9-10-22-14/h1-8,14,18H,9-12H2/t14-/m0/s1. The lowest BCUT2D eigenvalue weighted by Crippen LogP contribution is -2.41. The number of nitrogens with one attached hydrogen (secondary N) is 1. The summed E-state index contributed by atoms with van der Waals surface area (Å²) in [6.07, 6.45) is 1.82. The molecule has 0 bridgehead atoms. The number of aromatic nitrogens is 3. The van der Waals surface area contributed by atoms with E-state index in [9.17, 15) is 0 Å². The van der Waals surface area contributed by atoms with Crippen LogP contribution in [0.2, 0.25) is 0 Å². The first kappa shape index (κ1) is 14.2. The van der Waals surface area contributed by atoms with E-state index in [1.165, 1.54) is 0 Å². The average molecular weight is 310 g/mol. The highest BCUT2D eigenvalue weighted by Crippen LogP contribution is 2.25. The molecule has 0 aliphatic carbocycles. The van der Waals surface area contributed by atoms with E-state index >= 15 is 0 Å². The minimum absolute atomic E-state index is 0.0531. The molecule has 0 amide bonds. The Hall–Kier alpha value is -2.44. The van der Waals surface area contributed by atoms with Crippen LogP contribution in [0, 0.1) is 0 Å². The van der Waals surface area contributed by atoms with Crippen LogP contribution < -0.4 is 10.1 Å². The highest BCUT2D eigenvalue weighted by atomic mass is 16.5. The second kappa shape index (κ2) is 6.36. The number of hydrogen-bond acceptors (Lipinski definition) is 5. The van der Waals surface area contributed by atoms with Crippen molar-refractivity contribution in [3.05, 3.63) is 48.7 Å². The predicted molar refractivity (Wildman–Crippen MR) is 87.0 cm³/mol. The Labute approximate surface area is 134 Å². The molecule has 23 heavy (non-hydrogen) atoms. The Bertz CT molecular complexity index is 782. The van der Waals surface area contributed by atoms with E-state index in [4.69, 9.17) is 9.47 Å².